The number of benzene rings is 1. The van der Waals surface area contributed by atoms with E-state index in [1.807, 2.05) is 6.07 Å². The Labute approximate surface area is 91.4 Å². The van der Waals surface area contributed by atoms with Gasteiger partial charge in [0.05, 0.1) is 0 Å². The average molecular weight is 258 g/mol. The zero-order valence-electron chi connectivity index (χ0n) is 6.45. The molecule has 0 unspecified atom stereocenters. The molecule has 0 radical (unpaired) electrons. The molecule has 0 heterocycles. The third kappa shape index (κ3) is 3.40. The maximum absolute atomic E-state index is 11.5. The molecule has 1 aromatic rings. The maximum Gasteiger partial charge on any atom is 0.287 e. The zero-order valence-corrected chi connectivity index (χ0v) is 9.62. The highest BCUT2D eigenvalue weighted by molar-refractivity contribution is 7.93. The predicted molar refractivity (Wildman–Crippen MR) is 59.0 cm³/mol. The Bertz CT molecular complexity index is 317. The highest BCUT2D eigenvalue weighted by atomic mass is 35.7. The quantitative estimate of drug-likeness (QED) is 0.647. The fourth-order valence-electron chi connectivity index (χ4n) is 0.738. The van der Waals surface area contributed by atoms with Crippen molar-refractivity contribution in [1.82, 2.24) is 0 Å². The van der Waals surface area contributed by atoms with Crippen molar-refractivity contribution in [3.63, 3.8) is 0 Å². The van der Waals surface area contributed by atoms with E-state index < -0.39 is 11.2 Å². The molecule has 0 saturated carbocycles. The van der Waals surface area contributed by atoms with Crippen LogP contribution in [0.1, 0.15) is 0 Å². The molecule has 1 aromatic carbocycles. The van der Waals surface area contributed by atoms with Crippen LogP contribution in [0, 0.1) is 0 Å². The summed E-state index contributed by atoms with van der Waals surface area (Å²) in [6.07, 6.45) is 0. The Balaban J connectivity index is 2.76. The molecule has 0 saturated heterocycles. The van der Waals surface area contributed by atoms with Crippen LogP contribution < -0.4 is 5.09 Å². The molecule has 1 rings (SSSR count). The van der Waals surface area contributed by atoms with Crippen LogP contribution in [0.5, 0.6) is 0 Å². The molecule has 72 valence electrons. The van der Waals surface area contributed by atoms with Crippen LogP contribution >= 0.6 is 41.1 Å². The first kappa shape index (κ1) is 11.2. The molecule has 0 bridgehead atoms. The lowest BCUT2D eigenvalue weighted by molar-refractivity contribution is 0.589. The summed E-state index contributed by atoms with van der Waals surface area (Å²) in [7, 11) is 0. The summed E-state index contributed by atoms with van der Waals surface area (Å²) >= 11 is 16.4. The third-order valence-corrected chi connectivity index (χ3v) is 5.46. The summed E-state index contributed by atoms with van der Waals surface area (Å²) in [5, 5.41) is 2.57. The normalized spacial score (nSPS) is 15.4. The molecule has 0 aromatic heterocycles. The van der Waals surface area contributed by atoms with E-state index >= 15 is 0 Å². The van der Waals surface area contributed by atoms with Gasteiger partial charge in [-0.2, -0.15) is 0 Å². The molecule has 6 heteroatoms. The van der Waals surface area contributed by atoms with Crippen molar-refractivity contribution in [2.75, 3.05) is 5.09 Å². The molecule has 0 amide bonds. The van der Waals surface area contributed by atoms with Crippen LogP contribution in [0.25, 0.3) is 0 Å². The van der Waals surface area contributed by atoms with Crippen LogP contribution in [0.4, 0.5) is 5.69 Å². The first-order valence-corrected chi connectivity index (χ1v) is 6.98. The minimum atomic E-state index is -3.23. The molecule has 2 nitrogen and oxygen atoms in total. The van der Waals surface area contributed by atoms with Gasteiger partial charge in [-0.1, -0.05) is 41.4 Å². The van der Waals surface area contributed by atoms with Gasteiger partial charge in [-0.3, -0.25) is 4.57 Å². The zero-order chi connectivity index (χ0) is 9.90. The van der Waals surface area contributed by atoms with Crippen molar-refractivity contribution in [3.05, 3.63) is 30.3 Å². The van der Waals surface area contributed by atoms with Gasteiger partial charge in [0.2, 0.25) is 0 Å². The van der Waals surface area contributed by atoms with E-state index in [1.54, 1.807) is 24.3 Å². The Morgan fingerprint density at radius 1 is 1.23 bits per heavy atom. The second-order valence-corrected chi connectivity index (χ2v) is 7.44. The van der Waals surface area contributed by atoms with Crippen molar-refractivity contribution in [2.24, 2.45) is 0 Å². The first-order chi connectivity index (χ1) is 6.02. The van der Waals surface area contributed by atoms with E-state index in [0.717, 1.165) is 0 Å². The number of anilines is 1. The molecule has 1 N–H and O–H groups in total. The standard InChI is InChI=1S/C7H7Cl3NOP/c8-7(9)13(10,12)11-6-4-2-1-3-5-6/h1-5,7H,(H,11,12)/t13-/m1/s1. The summed E-state index contributed by atoms with van der Waals surface area (Å²) in [6.45, 7) is -3.23. The van der Waals surface area contributed by atoms with Crippen molar-refractivity contribution < 1.29 is 4.57 Å². The van der Waals surface area contributed by atoms with Crippen molar-refractivity contribution in [2.45, 2.75) is 4.58 Å². The first-order valence-electron chi connectivity index (χ1n) is 3.43. The summed E-state index contributed by atoms with van der Waals surface area (Å²) in [5.74, 6) is 0. The van der Waals surface area contributed by atoms with Gasteiger partial charge in [0.1, 0.15) is 0 Å². The number of rotatable bonds is 3. The van der Waals surface area contributed by atoms with E-state index in [4.69, 9.17) is 34.4 Å². The number of para-hydroxylation sites is 1. The van der Waals surface area contributed by atoms with E-state index in [1.165, 1.54) is 0 Å². The van der Waals surface area contributed by atoms with Gasteiger partial charge in [0.25, 0.3) is 6.65 Å². The molecule has 0 spiro atoms. The summed E-state index contributed by atoms with van der Waals surface area (Å²) in [6, 6.07) is 8.87. The molecular formula is C7H7Cl3NOP. The van der Waals surface area contributed by atoms with Gasteiger partial charge in [-0.05, 0) is 23.4 Å². The Kier molecular flexibility index (Phi) is 3.93. The Hall–Kier alpha value is 0.120. The van der Waals surface area contributed by atoms with Gasteiger partial charge in [-0.15, -0.1) is 0 Å². The lowest BCUT2D eigenvalue weighted by Crippen LogP contribution is -1.97. The van der Waals surface area contributed by atoms with Crippen molar-refractivity contribution in [1.29, 1.82) is 0 Å². The highest BCUT2D eigenvalue weighted by Gasteiger charge is 2.26. The van der Waals surface area contributed by atoms with Gasteiger partial charge in [0.15, 0.2) is 4.58 Å². The van der Waals surface area contributed by atoms with Gasteiger partial charge < -0.3 is 5.09 Å². The van der Waals surface area contributed by atoms with Crippen LogP contribution in [0.2, 0.25) is 0 Å². The number of hydrogen-bond donors (Lipinski definition) is 1. The third-order valence-electron chi connectivity index (χ3n) is 1.31. The van der Waals surface area contributed by atoms with Gasteiger partial charge in [0, 0.05) is 5.69 Å². The van der Waals surface area contributed by atoms with E-state index in [0.29, 0.717) is 5.69 Å². The molecule has 13 heavy (non-hydrogen) atoms. The Morgan fingerprint density at radius 2 is 1.77 bits per heavy atom. The fraction of sp³-hybridized carbons (Fsp3) is 0.143. The molecular weight excluding hydrogens is 251 g/mol. The number of alkyl halides is 2. The average Bonchev–Trinajstić information content (AvgIpc) is 2.05. The van der Waals surface area contributed by atoms with E-state index in [2.05, 4.69) is 5.09 Å². The molecule has 0 aliphatic carbocycles. The van der Waals surface area contributed by atoms with Crippen LogP contribution in [-0.4, -0.2) is 4.58 Å². The monoisotopic (exact) mass is 257 g/mol. The second kappa shape index (κ2) is 4.56. The lowest BCUT2D eigenvalue weighted by atomic mass is 10.3. The van der Waals surface area contributed by atoms with Crippen LogP contribution in [-0.2, 0) is 4.57 Å². The number of hydrogen-bond acceptors (Lipinski definition) is 1. The molecule has 1 atom stereocenters. The SMILES string of the molecule is O=[P@](Cl)(Nc1ccccc1)C(Cl)Cl. The summed E-state index contributed by atoms with van der Waals surface area (Å²) < 4.78 is 10.4. The molecule has 0 aliphatic heterocycles. The fourth-order valence-corrected chi connectivity index (χ4v) is 1.92. The van der Waals surface area contributed by atoms with Gasteiger partial charge in [-0.25, -0.2) is 0 Å². The van der Waals surface area contributed by atoms with Crippen LogP contribution in [0.3, 0.4) is 0 Å². The minimum absolute atomic E-state index is 0.632. The van der Waals surface area contributed by atoms with Crippen LogP contribution in [0.15, 0.2) is 30.3 Å². The number of nitrogens with one attached hydrogen (secondary N) is 1. The molecule has 0 fully saturated rings. The van der Waals surface area contributed by atoms with Crippen molar-refractivity contribution >= 4 is 46.8 Å². The predicted octanol–water partition coefficient (Wildman–Crippen LogP) is 4.29. The number of halogens is 3. The van der Waals surface area contributed by atoms with E-state index in [9.17, 15) is 4.57 Å². The smallest absolute Gasteiger partial charge is 0.287 e. The Morgan fingerprint density at radius 3 is 2.23 bits per heavy atom. The van der Waals surface area contributed by atoms with E-state index in [-0.39, 0.29) is 0 Å². The van der Waals surface area contributed by atoms with Gasteiger partial charge >= 0.3 is 0 Å². The lowest BCUT2D eigenvalue weighted by Gasteiger charge is -2.13. The summed E-state index contributed by atoms with van der Waals surface area (Å²) in [4.78, 5) is 0. The topological polar surface area (TPSA) is 29.1 Å². The summed E-state index contributed by atoms with van der Waals surface area (Å²) in [5.41, 5.74) is 0.632. The largest absolute Gasteiger partial charge is 0.323 e. The second-order valence-electron chi connectivity index (χ2n) is 2.33. The maximum atomic E-state index is 11.5. The van der Waals surface area contributed by atoms with Crippen molar-refractivity contribution in [3.8, 4) is 0 Å². The molecule has 0 aliphatic rings. The minimum Gasteiger partial charge on any atom is -0.323 e. The highest BCUT2D eigenvalue weighted by Crippen LogP contribution is 2.58.